The molecule has 0 radical (unpaired) electrons. The lowest BCUT2D eigenvalue weighted by atomic mass is 10.2. The summed E-state index contributed by atoms with van der Waals surface area (Å²) in [6.45, 7) is 0.0493. The van der Waals surface area contributed by atoms with Gasteiger partial charge >= 0.3 is 0 Å². The third kappa shape index (κ3) is 2.79. The highest BCUT2D eigenvalue weighted by atomic mass is 19.1. The molecule has 0 unspecified atom stereocenters. The molecular weight excluding hydrogens is 237 g/mol. The minimum absolute atomic E-state index is 0.0208. The second-order valence-electron chi connectivity index (χ2n) is 3.46. The molecule has 1 amide bonds. The Labute approximate surface area is 102 Å². The summed E-state index contributed by atoms with van der Waals surface area (Å²) in [4.78, 5) is 18.7. The van der Waals surface area contributed by atoms with Crippen molar-refractivity contribution in [2.45, 2.75) is 6.61 Å². The van der Waals surface area contributed by atoms with E-state index in [2.05, 4.69) is 9.97 Å². The van der Waals surface area contributed by atoms with Gasteiger partial charge in [0.05, 0.1) is 0 Å². The molecule has 0 aliphatic carbocycles. The Balaban J connectivity index is 2.08. The Morgan fingerprint density at radius 2 is 2.06 bits per heavy atom. The molecule has 0 bridgehead atoms. The summed E-state index contributed by atoms with van der Waals surface area (Å²) in [5.41, 5.74) is 5.12. The first kappa shape index (κ1) is 12.0. The molecule has 5 nitrogen and oxygen atoms in total. The smallest absolute Gasteiger partial charge is 0.248 e. The molecule has 6 heteroatoms. The number of hydrogen-bond acceptors (Lipinski definition) is 4. The lowest BCUT2D eigenvalue weighted by Crippen LogP contribution is -2.11. The second kappa shape index (κ2) is 5.22. The predicted octanol–water partition coefficient (Wildman–Crippen LogP) is 1.29. The van der Waals surface area contributed by atoms with E-state index in [-0.39, 0.29) is 17.9 Å². The summed E-state index contributed by atoms with van der Waals surface area (Å²) in [7, 11) is 0. The van der Waals surface area contributed by atoms with Crippen LogP contribution in [0, 0.1) is 5.82 Å². The van der Waals surface area contributed by atoms with Crippen molar-refractivity contribution in [3.63, 3.8) is 0 Å². The van der Waals surface area contributed by atoms with Crippen molar-refractivity contribution in [2.75, 3.05) is 0 Å². The van der Waals surface area contributed by atoms with Gasteiger partial charge in [-0.3, -0.25) is 4.79 Å². The maximum atomic E-state index is 13.5. The summed E-state index contributed by atoms with van der Waals surface area (Å²) in [5, 5.41) is 0. The van der Waals surface area contributed by atoms with E-state index in [4.69, 9.17) is 10.5 Å². The molecule has 1 aromatic heterocycles. The average Bonchev–Trinajstić information content (AvgIpc) is 2.38. The van der Waals surface area contributed by atoms with Gasteiger partial charge < -0.3 is 10.5 Å². The third-order valence-corrected chi connectivity index (χ3v) is 2.19. The SMILES string of the molecule is NC(=O)c1ccc(OCc2ncccn2)c(F)c1. The van der Waals surface area contributed by atoms with Crippen molar-refractivity contribution in [1.29, 1.82) is 0 Å². The molecule has 0 aliphatic rings. The maximum Gasteiger partial charge on any atom is 0.248 e. The lowest BCUT2D eigenvalue weighted by Gasteiger charge is -2.06. The van der Waals surface area contributed by atoms with Crippen LogP contribution in [0.3, 0.4) is 0 Å². The summed E-state index contributed by atoms with van der Waals surface area (Å²) in [6, 6.07) is 5.44. The number of amides is 1. The van der Waals surface area contributed by atoms with Crippen LogP contribution in [0.25, 0.3) is 0 Å². The summed E-state index contributed by atoms with van der Waals surface area (Å²) in [5.74, 6) is -0.877. The number of carbonyl (C=O) groups is 1. The lowest BCUT2D eigenvalue weighted by molar-refractivity contribution is 0.0999. The zero-order valence-corrected chi connectivity index (χ0v) is 9.34. The van der Waals surface area contributed by atoms with Gasteiger partial charge in [-0.05, 0) is 24.3 Å². The number of ether oxygens (including phenoxy) is 1. The quantitative estimate of drug-likeness (QED) is 0.883. The van der Waals surface area contributed by atoms with Gasteiger partial charge in [-0.25, -0.2) is 14.4 Å². The number of aromatic nitrogens is 2. The van der Waals surface area contributed by atoms with E-state index in [1.807, 2.05) is 0 Å². The molecule has 92 valence electrons. The van der Waals surface area contributed by atoms with Crippen molar-refractivity contribution in [3.05, 3.63) is 53.9 Å². The van der Waals surface area contributed by atoms with E-state index >= 15 is 0 Å². The number of nitrogens with zero attached hydrogens (tertiary/aromatic N) is 2. The monoisotopic (exact) mass is 247 g/mol. The number of nitrogens with two attached hydrogens (primary N) is 1. The van der Waals surface area contributed by atoms with Gasteiger partial charge in [-0.2, -0.15) is 0 Å². The zero-order valence-electron chi connectivity index (χ0n) is 9.34. The molecule has 1 heterocycles. The fraction of sp³-hybridized carbons (Fsp3) is 0.0833. The van der Waals surface area contributed by atoms with Gasteiger partial charge in [0.25, 0.3) is 0 Å². The molecule has 2 N–H and O–H groups in total. The summed E-state index contributed by atoms with van der Waals surface area (Å²) < 4.78 is 18.7. The van der Waals surface area contributed by atoms with Crippen LogP contribution >= 0.6 is 0 Å². The summed E-state index contributed by atoms with van der Waals surface area (Å²) in [6.07, 6.45) is 3.14. The Bertz CT molecular complexity index is 561. The van der Waals surface area contributed by atoms with Crippen molar-refractivity contribution >= 4 is 5.91 Å². The van der Waals surface area contributed by atoms with Crippen LogP contribution in [-0.2, 0) is 6.61 Å². The van der Waals surface area contributed by atoms with Crippen LogP contribution in [0.5, 0.6) is 5.75 Å². The second-order valence-corrected chi connectivity index (χ2v) is 3.46. The number of carbonyl (C=O) groups excluding carboxylic acids is 1. The van der Waals surface area contributed by atoms with Crippen LogP contribution < -0.4 is 10.5 Å². The van der Waals surface area contributed by atoms with E-state index in [1.54, 1.807) is 18.5 Å². The zero-order chi connectivity index (χ0) is 13.0. The number of benzene rings is 1. The van der Waals surface area contributed by atoms with E-state index in [0.29, 0.717) is 5.82 Å². The first-order valence-electron chi connectivity index (χ1n) is 5.15. The van der Waals surface area contributed by atoms with E-state index in [0.717, 1.165) is 6.07 Å². The molecule has 0 aliphatic heterocycles. The molecule has 0 atom stereocenters. The van der Waals surface area contributed by atoms with Crippen LogP contribution in [0.1, 0.15) is 16.2 Å². The topological polar surface area (TPSA) is 78.1 Å². The third-order valence-electron chi connectivity index (χ3n) is 2.19. The van der Waals surface area contributed by atoms with Crippen LogP contribution in [0.2, 0.25) is 0 Å². The van der Waals surface area contributed by atoms with Gasteiger partial charge in [0.2, 0.25) is 5.91 Å². The van der Waals surface area contributed by atoms with Crippen LogP contribution in [-0.4, -0.2) is 15.9 Å². The highest BCUT2D eigenvalue weighted by molar-refractivity contribution is 5.92. The van der Waals surface area contributed by atoms with E-state index in [1.165, 1.54) is 12.1 Å². The fourth-order valence-electron chi connectivity index (χ4n) is 1.32. The molecule has 18 heavy (non-hydrogen) atoms. The van der Waals surface area contributed by atoms with Crippen molar-refractivity contribution in [2.24, 2.45) is 5.73 Å². The molecule has 0 spiro atoms. The minimum atomic E-state index is -0.688. The highest BCUT2D eigenvalue weighted by Crippen LogP contribution is 2.18. The molecule has 2 rings (SSSR count). The molecular formula is C12H10FN3O2. The molecule has 0 fully saturated rings. The Morgan fingerprint density at radius 1 is 1.33 bits per heavy atom. The van der Waals surface area contributed by atoms with Crippen molar-refractivity contribution < 1.29 is 13.9 Å². The van der Waals surface area contributed by atoms with E-state index in [9.17, 15) is 9.18 Å². The highest BCUT2D eigenvalue weighted by Gasteiger charge is 2.08. The maximum absolute atomic E-state index is 13.5. The normalized spacial score (nSPS) is 10.1. The van der Waals surface area contributed by atoms with E-state index < -0.39 is 11.7 Å². The number of halogens is 1. The Hall–Kier alpha value is -2.50. The van der Waals surface area contributed by atoms with Crippen LogP contribution in [0.15, 0.2) is 36.7 Å². The van der Waals surface area contributed by atoms with Crippen molar-refractivity contribution in [1.82, 2.24) is 9.97 Å². The number of primary amides is 1. The Kier molecular flexibility index (Phi) is 3.47. The first-order chi connectivity index (χ1) is 8.66. The van der Waals surface area contributed by atoms with Gasteiger partial charge in [0.15, 0.2) is 17.4 Å². The largest absolute Gasteiger partial charge is 0.483 e. The standard InChI is InChI=1S/C12H10FN3O2/c13-9-6-8(12(14)17)2-3-10(9)18-7-11-15-4-1-5-16-11/h1-6H,7H2,(H2,14,17). The minimum Gasteiger partial charge on any atom is -0.483 e. The fourth-order valence-corrected chi connectivity index (χ4v) is 1.32. The first-order valence-corrected chi connectivity index (χ1v) is 5.15. The average molecular weight is 247 g/mol. The van der Waals surface area contributed by atoms with Gasteiger partial charge in [-0.15, -0.1) is 0 Å². The Morgan fingerprint density at radius 3 is 2.67 bits per heavy atom. The molecule has 0 saturated heterocycles. The predicted molar refractivity (Wildman–Crippen MR) is 61.3 cm³/mol. The molecule has 2 aromatic rings. The van der Waals surface area contributed by atoms with Crippen molar-refractivity contribution in [3.8, 4) is 5.75 Å². The molecule has 1 aromatic carbocycles. The number of rotatable bonds is 4. The van der Waals surface area contributed by atoms with Gasteiger partial charge in [-0.1, -0.05) is 0 Å². The number of hydrogen-bond donors (Lipinski definition) is 1. The molecule has 0 saturated carbocycles. The van der Waals surface area contributed by atoms with Gasteiger partial charge in [0.1, 0.15) is 6.61 Å². The summed E-state index contributed by atoms with van der Waals surface area (Å²) >= 11 is 0. The van der Waals surface area contributed by atoms with Gasteiger partial charge in [0, 0.05) is 18.0 Å². The van der Waals surface area contributed by atoms with Crippen LogP contribution in [0.4, 0.5) is 4.39 Å².